The average molecular weight is 344 g/mol. The molecule has 0 aliphatic carbocycles. The van der Waals surface area contributed by atoms with Crippen molar-refractivity contribution in [1.29, 1.82) is 0 Å². The van der Waals surface area contributed by atoms with Crippen LogP contribution in [-0.2, 0) is 0 Å². The number of carbonyl (C=O) groups excluding carboxylic acids is 1. The molecular weight excluding hydrogens is 333 g/mol. The molecule has 0 unspecified atom stereocenters. The maximum Gasteiger partial charge on any atom is 0.336 e. The van der Waals surface area contributed by atoms with Gasteiger partial charge in [0.15, 0.2) is 0 Å². The number of aromatic carboxylic acids is 1. The monoisotopic (exact) mass is 343 g/mol. The van der Waals surface area contributed by atoms with Crippen molar-refractivity contribution in [2.45, 2.75) is 13.8 Å². The van der Waals surface area contributed by atoms with Crippen LogP contribution in [0.1, 0.15) is 31.8 Å². The third-order valence-electron chi connectivity index (χ3n) is 3.06. The van der Waals surface area contributed by atoms with Crippen molar-refractivity contribution in [3.05, 3.63) is 49.1 Å². The summed E-state index contributed by atoms with van der Waals surface area (Å²) in [6.07, 6.45) is 0. The van der Waals surface area contributed by atoms with Crippen LogP contribution >= 0.6 is 34.5 Å². The summed E-state index contributed by atoms with van der Waals surface area (Å²) in [7, 11) is 0. The van der Waals surface area contributed by atoms with Crippen molar-refractivity contribution in [3.63, 3.8) is 0 Å². The molecule has 0 atom stereocenters. The van der Waals surface area contributed by atoms with Crippen molar-refractivity contribution in [2.24, 2.45) is 0 Å². The highest BCUT2D eigenvalue weighted by atomic mass is 35.5. The van der Waals surface area contributed by atoms with Gasteiger partial charge in [0.1, 0.15) is 4.34 Å². The zero-order valence-electron chi connectivity index (χ0n) is 11.2. The molecule has 1 aromatic carbocycles. The number of halogens is 2. The van der Waals surface area contributed by atoms with Crippen molar-refractivity contribution in [3.8, 4) is 0 Å². The smallest absolute Gasteiger partial charge is 0.336 e. The van der Waals surface area contributed by atoms with Gasteiger partial charge in [0, 0.05) is 5.69 Å². The fraction of sp³-hybridized carbons (Fsp3) is 0.143. The van der Waals surface area contributed by atoms with Gasteiger partial charge in [0.25, 0.3) is 5.91 Å². The van der Waals surface area contributed by atoms with Gasteiger partial charge in [-0.05, 0) is 43.2 Å². The highest BCUT2D eigenvalue weighted by Crippen LogP contribution is 2.31. The fourth-order valence-electron chi connectivity index (χ4n) is 1.85. The molecule has 0 saturated heterocycles. The molecule has 2 rings (SSSR count). The first-order valence-corrected chi connectivity index (χ1v) is 7.47. The average Bonchev–Trinajstić information content (AvgIpc) is 2.72. The first-order valence-electron chi connectivity index (χ1n) is 5.90. The molecule has 7 heteroatoms. The highest BCUT2D eigenvalue weighted by molar-refractivity contribution is 7.20. The van der Waals surface area contributed by atoms with E-state index in [9.17, 15) is 9.59 Å². The van der Waals surface area contributed by atoms with Gasteiger partial charge in [-0.3, -0.25) is 4.79 Å². The van der Waals surface area contributed by atoms with Gasteiger partial charge in [-0.15, -0.1) is 11.3 Å². The topological polar surface area (TPSA) is 66.4 Å². The summed E-state index contributed by atoms with van der Waals surface area (Å²) in [5, 5.41) is 11.8. The van der Waals surface area contributed by atoms with Crippen molar-refractivity contribution in [1.82, 2.24) is 0 Å². The first kappa shape index (κ1) is 15.8. The van der Waals surface area contributed by atoms with E-state index in [2.05, 4.69) is 5.32 Å². The van der Waals surface area contributed by atoms with E-state index in [1.165, 1.54) is 12.1 Å². The number of thiophene rings is 1. The molecule has 0 aliphatic heterocycles. The van der Waals surface area contributed by atoms with Crippen molar-refractivity contribution in [2.75, 3.05) is 5.32 Å². The van der Waals surface area contributed by atoms with Gasteiger partial charge < -0.3 is 10.4 Å². The molecule has 1 aromatic heterocycles. The second kappa shape index (κ2) is 6.05. The first-order chi connectivity index (χ1) is 9.79. The van der Waals surface area contributed by atoms with Crippen LogP contribution in [0.4, 0.5) is 5.69 Å². The Morgan fingerprint density at radius 1 is 1.14 bits per heavy atom. The predicted octanol–water partition coefficient (Wildman–Crippen LogP) is 4.62. The lowest BCUT2D eigenvalue weighted by molar-refractivity contribution is 0.0695. The van der Waals surface area contributed by atoms with Gasteiger partial charge in [-0.2, -0.15) is 0 Å². The minimum Gasteiger partial charge on any atom is -0.478 e. The number of carbonyl (C=O) groups is 2. The van der Waals surface area contributed by atoms with Gasteiger partial charge in [-0.25, -0.2) is 4.79 Å². The number of aryl methyl sites for hydroxylation is 1. The molecule has 21 heavy (non-hydrogen) atoms. The largest absolute Gasteiger partial charge is 0.478 e. The number of carboxylic acid groups (broad SMARTS) is 1. The quantitative estimate of drug-likeness (QED) is 0.854. The predicted molar refractivity (Wildman–Crippen MR) is 85.2 cm³/mol. The highest BCUT2D eigenvalue weighted by Gasteiger charge is 2.16. The summed E-state index contributed by atoms with van der Waals surface area (Å²) in [6.45, 7) is 3.51. The molecule has 1 heterocycles. The van der Waals surface area contributed by atoms with E-state index in [1.54, 1.807) is 19.9 Å². The maximum absolute atomic E-state index is 12.1. The van der Waals surface area contributed by atoms with E-state index in [0.717, 1.165) is 16.9 Å². The van der Waals surface area contributed by atoms with Crippen molar-refractivity contribution < 1.29 is 14.7 Å². The Balaban J connectivity index is 2.34. The van der Waals surface area contributed by atoms with Crippen LogP contribution in [0.3, 0.4) is 0 Å². The van der Waals surface area contributed by atoms with Crippen LogP contribution in [0.15, 0.2) is 18.2 Å². The molecular formula is C14H11Cl2NO3S. The zero-order valence-corrected chi connectivity index (χ0v) is 13.5. The molecule has 0 bridgehead atoms. The normalized spacial score (nSPS) is 10.5. The molecule has 2 aromatic rings. The van der Waals surface area contributed by atoms with Crippen LogP contribution in [-0.4, -0.2) is 17.0 Å². The molecule has 1 amide bonds. The van der Waals surface area contributed by atoms with Crippen LogP contribution in [0.25, 0.3) is 0 Å². The summed E-state index contributed by atoms with van der Waals surface area (Å²) in [4.78, 5) is 23.3. The number of amides is 1. The standard InChI is InChI=1S/C14H11Cl2NO3S/c1-6-3-8(4-9(7(6)2)14(19)20)17-13(18)10-5-11(15)21-12(10)16/h3-5H,1-2H3,(H,17,18)(H,19,20). The molecule has 0 aliphatic rings. The third kappa shape index (κ3) is 3.37. The molecule has 0 spiro atoms. The molecule has 4 nitrogen and oxygen atoms in total. The summed E-state index contributed by atoms with van der Waals surface area (Å²) < 4.78 is 0.705. The van der Waals surface area contributed by atoms with Crippen LogP contribution in [0.2, 0.25) is 8.67 Å². The van der Waals surface area contributed by atoms with E-state index in [0.29, 0.717) is 19.9 Å². The summed E-state index contributed by atoms with van der Waals surface area (Å²) in [5.41, 5.74) is 2.26. The second-order valence-corrected chi connectivity index (χ2v) is 6.75. The molecule has 0 radical (unpaired) electrons. The Morgan fingerprint density at radius 3 is 2.33 bits per heavy atom. The van der Waals surface area contributed by atoms with Crippen LogP contribution in [0, 0.1) is 13.8 Å². The zero-order chi connectivity index (χ0) is 15.7. The summed E-state index contributed by atoms with van der Waals surface area (Å²) >= 11 is 12.8. The van der Waals surface area contributed by atoms with Gasteiger partial charge in [0.2, 0.25) is 0 Å². The number of benzene rings is 1. The fourth-order valence-corrected chi connectivity index (χ4v) is 3.31. The Morgan fingerprint density at radius 2 is 1.81 bits per heavy atom. The van der Waals surface area contributed by atoms with E-state index >= 15 is 0 Å². The SMILES string of the molecule is Cc1cc(NC(=O)c2cc(Cl)sc2Cl)cc(C(=O)O)c1C. The third-order valence-corrected chi connectivity index (χ3v) is 4.54. The Labute approximate surface area is 135 Å². The second-order valence-electron chi connectivity index (χ2n) is 4.46. The number of carboxylic acids is 1. The molecule has 2 N–H and O–H groups in total. The number of hydrogen-bond acceptors (Lipinski definition) is 3. The molecule has 110 valence electrons. The van der Waals surface area contributed by atoms with Crippen molar-refractivity contribution >= 4 is 52.1 Å². The maximum atomic E-state index is 12.1. The molecule has 0 fully saturated rings. The van der Waals surface area contributed by atoms with E-state index in [-0.39, 0.29) is 11.1 Å². The van der Waals surface area contributed by atoms with Gasteiger partial charge in [-0.1, -0.05) is 23.2 Å². The lowest BCUT2D eigenvalue weighted by Gasteiger charge is -2.10. The Kier molecular flexibility index (Phi) is 4.56. The number of nitrogens with one attached hydrogen (secondary N) is 1. The van der Waals surface area contributed by atoms with Crippen LogP contribution in [0.5, 0.6) is 0 Å². The Bertz CT molecular complexity index is 740. The minimum atomic E-state index is -1.04. The van der Waals surface area contributed by atoms with Gasteiger partial charge in [0.05, 0.1) is 15.5 Å². The van der Waals surface area contributed by atoms with Gasteiger partial charge >= 0.3 is 5.97 Å². The molecule has 0 saturated carbocycles. The van der Waals surface area contributed by atoms with E-state index in [1.807, 2.05) is 0 Å². The summed E-state index contributed by atoms with van der Waals surface area (Å²) in [6, 6.07) is 4.61. The van der Waals surface area contributed by atoms with E-state index < -0.39 is 11.9 Å². The number of anilines is 1. The van der Waals surface area contributed by atoms with Crippen LogP contribution < -0.4 is 5.32 Å². The Hall–Kier alpha value is -1.56. The number of hydrogen-bond donors (Lipinski definition) is 2. The summed E-state index contributed by atoms with van der Waals surface area (Å²) in [5.74, 6) is -1.47. The number of rotatable bonds is 3. The van der Waals surface area contributed by atoms with E-state index in [4.69, 9.17) is 28.3 Å². The minimum absolute atomic E-state index is 0.153. The lowest BCUT2D eigenvalue weighted by atomic mass is 10.0. The lowest BCUT2D eigenvalue weighted by Crippen LogP contribution is -2.13.